The van der Waals surface area contributed by atoms with Gasteiger partial charge in [0.05, 0.1) is 11.1 Å². The Hall–Kier alpha value is -0.770. The highest BCUT2D eigenvalue weighted by atomic mass is 31.1. The van der Waals surface area contributed by atoms with Gasteiger partial charge in [-0.2, -0.15) is 26.3 Å². The molecule has 7 heteroatoms. The molecule has 0 N–H and O–H groups in total. The van der Waals surface area contributed by atoms with E-state index in [1.807, 2.05) is 41.5 Å². The standard InChI is InChI=1S/C20H29F6P/c1-7-9-17(3,4)27(18(5,6)10-8-2)16-12-14(19(21,22)23)11-15(13-16)20(24,25)26/h11-13H,7-10H2,1-6H3. The molecule has 0 aliphatic carbocycles. The molecule has 27 heavy (non-hydrogen) atoms. The molecule has 0 bridgehead atoms. The van der Waals surface area contributed by atoms with E-state index in [4.69, 9.17) is 0 Å². The van der Waals surface area contributed by atoms with E-state index < -0.39 is 31.4 Å². The molecule has 0 saturated heterocycles. The van der Waals surface area contributed by atoms with Crippen molar-refractivity contribution in [1.82, 2.24) is 0 Å². The SMILES string of the molecule is CCCC(C)(C)P(c1cc(C(F)(F)F)cc(C(F)(F)F)c1)C(C)(C)CCC. The third-order valence-corrected chi connectivity index (χ3v) is 8.41. The van der Waals surface area contributed by atoms with Crippen molar-refractivity contribution in [3.05, 3.63) is 29.3 Å². The number of halogens is 6. The Balaban J connectivity index is 3.75. The molecular weight excluding hydrogens is 385 g/mol. The first-order valence-electron chi connectivity index (χ1n) is 9.16. The summed E-state index contributed by atoms with van der Waals surface area (Å²) in [7, 11) is -1.28. The Bertz CT molecular complexity index is 578. The highest BCUT2D eigenvalue weighted by Gasteiger charge is 2.43. The summed E-state index contributed by atoms with van der Waals surface area (Å²) in [5, 5.41) is -0.574. The van der Waals surface area contributed by atoms with Crippen molar-refractivity contribution in [2.24, 2.45) is 0 Å². The third-order valence-electron chi connectivity index (χ3n) is 4.76. The van der Waals surface area contributed by atoms with Crippen LogP contribution >= 0.6 is 7.92 Å². The van der Waals surface area contributed by atoms with Gasteiger partial charge in [0.2, 0.25) is 0 Å². The van der Waals surface area contributed by atoms with Gasteiger partial charge in [-0.15, -0.1) is 0 Å². The number of rotatable bonds is 7. The van der Waals surface area contributed by atoms with Crippen LogP contribution in [-0.2, 0) is 12.4 Å². The van der Waals surface area contributed by atoms with Crippen LogP contribution in [0.1, 0.15) is 78.4 Å². The molecule has 1 aromatic carbocycles. The highest BCUT2D eigenvalue weighted by molar-refractivity contribution is 7.68. The number of alkyl halides is 6. The minimum Gasteiger partial charge on any atom is -0.166 e. The van der Waals surface area contributed by atoms with E-state index in [0.717, 1.165) is 37.8 Å². The number of hydrogen-bond acceptors (Lipinski definition) is 0. The lowest BCUT2D eigenvalue weighted by Gasteiger charge is -2.46. The van der Waals surface area contributed by atoms with Crippen molar-refractivity contribution < 1.29 is 26.3 Å². The minimum absolute atomic E-state index is 0.184. The summed E-state index contributed by atoms with van der Waals surface area (Å²) in [6, 6.07) is 2.10. The van der Waals surface area contributed by atoms with E-state index in [1.54, 1.807) is 0 Å². The Morgan fingerprint density at radius 3 is 1.26 bits per heavy atom. The molecule has 0 heterocycles. The van der Waals surface area contributed by atoms with E-state index in [-0.39, 0.29) is 21.7 Å². The van der Waals surface area contributed by atoms with Gasteiger partial charge in [-0.25, -0.2) is 0 Å². The fourth-order valence-electron chi connectivity index (χ4n) is 4.03. The number of benzene rings is 1. The summed E-state index contributed by atoms with van der Waals surface area (Å²) < 4.78 is 80.0. The zero-order valence-corrected chi connectivity index (χ0v) is 17.7. The molecule has 0 amide bonds. The van der Waals surface area contributed by atoms with E-state index in [9.17, 15) is 26.3 Å². The zero-order chi connectivity index (χ0) is 21.3. The fraction of sp³-hybridized carbons (Fsp3) is 0.700. The van der Waals surface area contributed by atoms with E-state index in [1.165, 1.54) is 0 Å². The molecule has 1 aromatic rings. The molecule has 0 aliphatic rings. The first kappa shape index (κ1) is 24.3. The summed E-state index contributed by atoms with van der Waals surface area (Å²) >= 11 is 0. The van der Waals surface area contributed by atoms with Crippen LogP contribution in [0.2, 0.25) is 0 Å². The molecular formula is C20H29F6P. The van der Waals surface area contributed by atoms with Crippen molar-refractivity contribution >= 4 is 13.2 Å². The van der Waals surface area contributed by atoms with Gasteiger partial charge in [-0.05, 0) is 46.7 Å². The van der Waals surface area contributed by atoms with E-state index >= 15 is 0 Å². The smallest absolute Gasteiger partial charge is 0.166 e. The van der Waals surface area contributed by atoms with Gasteiger partial charge in [-0.3, -0.25) is 0 Å². The molecule has 0 spiro atoms. The second kappa shape index (κ2) is 8.31. The lowest BCUT2D eigenvalue weighted by molar-refractivity contribution is -0.142. The summed E-state index contributed by atoms with van der Waals surface area (Å²) in [5.74, 6) is 0. The topological polar surface area (TPSA) is 0 Å². The molecule has 0 unspecified atom stereocenters. The Morgan fingerprint density at radius 2 is 1.00 bits per heavy atom. The molecule has 0 radical (unpaired) electrons. The first-order chi connectivity index (χ1) is 12.1. The van der Waals surface area contributed by atoms with Crippen LogP contribution < -0.4 is 5.30 Å². The molecule has 0 nitrogen and oxygen atoms in total. The third kappa shape index (κ3) is 6.10. The van der Waals surface area contributed by atoms with Crippen molar-refractivity contribution in [1.29, 1.82) is 0 Å². The molecule has 0 aliphatic heterocycles. The largest absolute Gasteiger partial charge is 0.416 e. The molecule has 1 rings (SSSR count). The first-order valence-corrected chi connectivity index (χ1v) is 10.5. The van der Waals surface area contributed by atoms with Gasteiger partial charge in [0.25, 0.3) is 0 Å². The van der Waals surface area contributed by atoms with E-state index in [2.05, 4.69) is 0 Å². The fourth-order valence-corrected chi connectivity index (χ4v) is 8.50. The van der Waals surface area contributed by atoms with Crippen LogP contribution in [0, 0.1) is 0 Å². The maximum Gasteiger partial charge on any atom is 0.416 e. The second-order valence-electron chi connectivity index (χ2n) is 8.22. The van der Waals surface area contributed by atoms with Crippen LogP contribution in [0.15, 0.2) is 18.2 Å². The number of hydrogen-bond donors (Lipinski definition) is 0. The average Bonchev–Trinajstić information content (AvgIpc) is 2.44. The summed E-state index contributed by atoms with van der Waals surface area (Å²) in [5.41, 5.74) is -2.45. The van der Waals surface area contributed by atoms with Crippen molar-refractivity contribution in [3.63, 3.8) is 0 Å². The molecule has 0 atom stereocenters. The van der Waals surface area contributed by atoms with Crippen LogP contribution in [0.4, 0.5) is 26.3 Å². The van der Waals surface area contributed by atoms with E-state index in [0.29, 0.717) is 0 Å². The lowest BCUT2D eigenvalue weighted by atomic mass is 10.1. The van der Waals surface area contributed by atoms with Gasteiger partial charge >= 0.3 is 12.4 Å². The minimum atomic E-state index is -4.82. The van der Waals surface area contributed by atoms with Gasteiger partial charge in [0, 0.05) is 0 Å². The Labute approximate surface area is 159 Å². The zero-order valence-electron chi connectivity index (χ0n) is 16.8. The summed E-state index contributed by atoms with van der Waals surface area (Å²) in [4.78, 5) is 0. The lowest BCUT2D eigenvalue weighted by Crippen LogP contribution is -2.36. The average molecular weight is 414 g/mol. The van der Waals surface area contributed by atoms with Gasteiger partial charge in [0.15, 0.2) is 0 Å². The summed E-state index contributed by atoms with van der Waals surface area (Å²) in [6.07, 6.45) is -6.52. The predicted octanol–water partition coefficient (Wildman–Crippen LogP) is 7.99. The molecule has 0 aromatic heterocycles. The van der Waals surface area contributed by atoms with Crippen LogP contribution in [0.3, 0.4) is 0 Å². The molecule has 0 saturated carbocycles. The summed E-state index contributed by atoms with van der Waals surface area (Å²) in [6.45, 7) is 11.8. The van der Waals surface area contributed by atoms with Crippen molar-refractivity contribution in [2.75, 3.05) is 0 Å². The maximum absolute atomic E-state index is 13.3. The van der Waals surface area contributed by atoms with Gasteiger partial charge in [0.1, 0.15) is 0 Å². The quantitative estimate of drug-likeness (QED) is 0.313. The predicted molar refractivity (Wildman–Crippen MR) is 101 cm³/mol. The van der Waals surface area contributed by atoms with Crippen LogP contribution in [0.25, 0.3) is 0 Å². The normalized spacial score (nSPS) is 14.1. The second-order valence-corrected chi connectivity index (χ2v) is 11.8. The monoisotopic (exact) mass is 414 g/mol. The van der Waals surface area contributed by atoms with Crippen LogP contribution in [0.5, 0.6) is 0 Å². The van der Waals surface area contributed by atoms with Crippen molar-refractivity contribution in [3.8, 4) is 0 Å². The maximum atomic E-state index is 13.3. The molecule has 0 fully saturated rings. The molecule has 156 valence electrons. The Kier molecular flexibility index (Phi) is 7.47. The Morgan fingerprint density at radius 1 is 0.667 bits per heavy atom. The highest BCUT2D eigenvalue weighted by Crippen LogP contribution is 2.62. The van der Waals surface area contributed by atoms with Gasteiger partial charge in [-0.1, -0.05) is 62.3 Å². The van der Waals surface area contributed by atoms with Crippen LogP contribution in [-0.4, -0.2) is 10.3 Å². The van der Waals surface area contributed by atoms with Crippen molar-refractivity contribution in [2.45, 2.75) is 89.9 Å². The van der Waals surface area contributed by atoms with Gasteiger partial charge < -0.3 is 0 Å².